The van der Waals surface area contributed by atoms with E-state index in [1.54, 1.807) is 6.07 Å². The second kappa shape index (κ2) is 5.88. The van der Waals surface area contributed by atoms with Crippen LogP contribution in [0.4, 0.5) is 0 Å². The highest BCUT2D eigenvalue weighted by atomic mass is 35.5. The minimum Gasteiger partial charge on any atom is -0.336 e. The molecule has 0 aromatic carbocycles. The first-order valence-electron chi connectivity index (χ1n) is 6.99. The van der Waals surface area contributed by atoms with E-state index in [1.807, 2.05) is 4.90 Å². The number of halogens is 2. The van der Waals surface area contributed by atoms with E-state index in [2.05, 4.69) is 9.88 Å². The lowest BCUT2D eigenvalue weighted by Crippen LogP contribution is -2.56. The van der Waals surface area contributed by atoms with Gasteiger partial charge in [-0.3, -0.25) is 9.69 Å². The zero-order valence-corrected chi connectivity index (χ0v) is 12.7. The zero-order valence-electron chi connectivity index (χ0n) is 11.2. The maximum atomic E-state index is 12.6. The van der Waals surface area contributed by atoms with Crippen LogP contribution < -0.4 is 0 Å². The van der Waals surface area contributed by atoms with Crippen molar-refractivity contribution < 1.29 is 4.79 Å². The molecule has 1 amide bonds. The molecule has 3 heterocycles. The third kappa shape index (κ3) is 2.78. The SMILES string of the molecule is O=C(c1cc(Cl)ncc1Cl)N1CCN2CCCCC2C1. The standard InChI is InChI=1S/C14H17Cl2N3O/c15-12-8-17-13(16)7-11(12)14(20)19-6-5-18-4-2-1-3-10(18)9-19/h7-8,10H,1-6,9H2. The van der Waals surface area contributed by atoms with Crippen molar-refractivity contribution in [2.45, 2.75) is 25.3 Å². The summed E-state index contributed by atoms with van der Waals surface area (Å²) in [5, 5.41) is 0.666. The van der Waals surface area contributed by atoms with Gasteiger partial charge < -0.3 is 4.90 Å². The Morgan fingerprint density at radius 2 is 2.10 bits per heavy atom. The van der Waals surface area contributed by atoms with Crippen LogP contribution in [0.1, 0.15) is 29.6 Å². The van der Waals surface area contributed by atoms with Crippen LogP contribution in [0.3, 0.4) is 0 Å². The number of hydrogen-bond donors (Lipinski definition) is 0. The highest BCUT2D eigenvalue weighted by Crippen LogP contribution is 2.24. The van der Waals surface area contributed by atoms with E-state index in [4.69, 9.17) is 23.2 Å². The molecule has 0 N–H and O–H groups in total. The Morgan fingerprint density at radius 3 is 2.95 bits per heavy atom. The van der Waals surface area contributed by atoms with Crippen molar-refractivity contribution in [3.63, 3.8) is 0 Å². The summed E-state index contributed by atoms with van der Waals surface area (Å²) in [6.07, 6.45) is 5.14. The fraction of sp³-hybridized carbons (Fsp3) is 0.571. The molecule has 3 rings (SSSR count). The molecule has 2 aliphatic heterocycles. The van der Waals surface area contributed by atoms with Crippen molar-refractivity contribution in [2.24, 2.45) is 0 Å². The summed E-state index contributed by atoms with van der Waals surface area (Å²) in [4.78, 5) is 20.9. The highest BCUT2D eigenvalue weighted by molar-refractivity contribution is 6.35. The maximum Gasteiger partial charge on any atom is 0.255 e. The van der Waals surface area contributed by atoms with Crippen LogP contribution >= 0.6 is 23.2 Å². The summed E-state index contributed by atoms with van der Waals surface area (Å²) >= 11 is 11.9. The molecular weight excluding hydrogens is 297 g/mol. The minimum absolute atomic E-state index is 0.0375. The number of amides is 1. The number of hydrogen-bond acceptors (Lipinski definition) is 3. The van der Waals surface area contributed by atoms with Crippen LogP contribution in [0, 0.1) is 0 Å². The van der Waals surface area contributed by atoms with Gasteiger partial charge in [0.25, 0.3) is 5.91 Å². The molecule has 2 fully saturated rings. The molecule has 2 saturated heterocycles. The van der Waals surface area contributed by atoms with E-state index in [0.29, 0.717) is 21.8 Å². The van der Waals surface area contributed by atoms with Crippen molar-refractivity contribution >= 4 is 29.1 Å². The summed E-state index contributed by atoms with van der Waals surface area (Å²) in [5.41, 5.74) is 0.455. The van der Waals surface area contributed by atoms with Crippen molar-refractivity contribution in [1.29, 1.82) is 0 Å². The van der Waals surface area contributed by atoms with Crippen molar-refractivity contribution in [2.75, 3.05) is 26.2 Å². The summed E-state index contributed by atoms with van der Waals surface area (Å²) in [7, 11) is 0. The monoisotopic (exact) mass is 313 g/mol. The molecule has 4 nitrogen and oxygen atoms in total. The maximum absolute atomic E-state index is 12.6. The Labute approximate surface area is 128 Å². The summed E-state index contributed by atoms with van der Waals surface area (Å²) in [6.45, 7) is 3.65. The first-order chi connectivity index (χ1) is 9.65. The van der Waals surface area contributed by atoms with Gasteiger partial charge in [0.15, 0.2) is 0 Å². The lowest BCUT2D eigenvalue weighted by molar-refractivity contribution is 0.0372. The van der Waals surface area contributed by atoms with Crippen molar-refractivity contribution in [3.8, 4) is 0 Å². The van der Waals surface area contributed by atoms with Crippen LogP contribution in [0.5, 0.6) is 0 Å². The molecule has 0 aliphatic carbocycles. The van der Waals surface area contributed by atoms with Gasteiger partial charge in [-0.15, -0.1) is 0 Å². The molecule has 1 unspecified atom stereocenters. The van der Waals surface area contributed by atoms with E-state index in [9.17, 15) is 4.79 Å². The molecule has 20 heavy (non-hydrogen) atoms. The second-order valence-electron chi connectivity index (χ2n) is 5.42. The van der Waals surface area contributed by atoms with Crippen molar-refractivity contribution in [3.05, 3.63) is 28.0 Å². The molecular formula is C14H17Cl2N3O. The smallest absolute Gasteiger partial charge is 0.255 e. The molecule has 108 valence electrons. The number of aromatic nitrogens is 1. The van der Waals surface area contributed by atoms with Gasteiger partial charge in [-0.1, -0.05) is 29.6 Å². The van der Waals surface area contributed by atoms with Crippen LogP contribution in [0.25, 0.3) is 0 Å². The van der Waals surface area contributed by atoms with Gasteiger partial charge in [0.2, 0.25) is 0 Å². The van der Waals surface area contributed by atoms with Gasteiger partial charge in [0, 0.05) is 31.9 Å². The molecule has 1 aromatic rings. The lowest BCUT2D eigenvalue weighted by Gasteiger charge is -2.44. The van der Waals surface area contributed by atoms with E-state index in [1.165, 1.54) is 25.5 Å². The topological polar surface area (TPSA) is 36.4 Å². The second-order valence-corrected chi connectivity index (χ2v) is 6.22. The fourth-order valence-electron chi connectivity index (χ4n) is 3.09. The average molecular weight is 314 g/mol. The largest absolute Gasteiger partial charge is 0.336 e. The third-order valence-corrected chi connectivity index (χ3v) is 4.68. The van der Waals surface area contributed by atoms with Gasteiger partial charge in [-0.05, 0) is 25.5 Å². The number of rotatable bonds is 1. The van der Waals surface area contributed by atoms with E-state index in [0.717, 1.165) is 26.2 Å². The first-order valence-corrected chi connectivity index (χ1v) is 7.75. The van der Waals surface area contributed by atoms with Crippen LogP contribution in [-0.4, -0.2) is 52.9 Å². The van der Waals surface area contributed by atoms with Gasteiger partial charge >= 0.3 is 0 Å². The Morgan fingerprint density at radius 1 is 1.25 bits per heavy atom. The molecule has 0 spiro atoms. The predicted octanol–water partition coefficient (Wildman–Crippen LogP) is 2.70. The molecule has 1 atom stereocenters. The van der Waals surface area contributed by atoms with Crippen LogP contribution in [-0.2, 0) is 0 Å². The highest BCUT2D eigenvalue weighted by Gasteiger charge is 2.31. The predicted molar refractivity (Wildman–Crippen MR) is 79.4 cm³/mol. The molecule has 0 bridgehead atoms. The van der Waals surface area contributed by atoms with Gasteiger partial charge in [-0.25, -0.2) is 4.98 Å². The summed E-state index contributed by atoms with van der Waals surface area (Å²) in [5.74, 6) is -0.0375. The van der Waals surface area contributed by atoms with Gasteiger partial charge in [0.05, 0.1) is 10.6 Å². The average Bonchev–Trinajstić information content (AvgIpc) is 2.48. The number of carbonyl (C=O) groups excluding carboxylic acids is 1. The number of carbonyl (C=O) groups is 1. The quantitative estimate of drug-likeness (QED) is 0.748. The lowest BCUT2D eigenvalue weighted by atomic mass is 9.99. The number of nitrogens with zero attached hydrogens (tertiary/aromatic N) is 3. The number of fused-ring (bicyclic) bond motifs is 1. The van der Waals surface area contributed by atoms with Gasteiger partial charge in [-0.2, -0.15) is 0 Å². The Bertz CT molecular complexity index is 523. The molecule has 6 heteroatoms. The Balaban J connectivity index is 1.76. The third-order valence-electron chi connectivity index (χ3n) is 4.18. The number of piperidine rings is 1. The molecule has 0 radical (unpaired) electrons. The van der Waals surface area contributed by atoms with Gasteiger partial charge in [0.1, 0.15) is 5.15 Å². The minimum atomic E-state index is -0.0375. The number of pyridine rings is 1. The van der Waals surface area contributed by atoms with E-state index >= 15 is 0 Å². The fourth-order valence-corrected chi connectivity index (χ4v) is 3.43. The molecule has 1 aromatic heterocycles. The van der Waals surface area contributed by atoms with Crippen molar-refractivity contribution in [1.82, 2.24) is 14.8 Å². The Kier molecular flexibility index (Phi) is 4.15. The normalized spacial score (nSPS) is 23.5. The first kappa shape index (κ1) is 14.1. The summed E-state index contributed by atoms with van der Waals surface area (Å²) < 4.78 is 0. The summed E-state index contributed by atoms with van der Waals surface area (Å²) in [6, 6.07) is 2.05. The van der Waals surface area contributed by atoms with E-state index in [-0.39, 0.29) is 5.91 Å². The molecule has 0 saturated carbocycles. The van der Waals surface area contributed by atoms with E-state index < -0.39 is 0 Å². The van der Waals surface area contributed by atoms with Crippen LogP contribution in [0.15, 0.2) is 12.3 Å². The number of piperazine rings is 1. The Hall–Kier alpha value is -0.840. The van der Waals surface area contributed by atoms with Crippen LogP contribution in [0.2, 0.25) is 10.2 Å². The molecule has 2 aliphatic rings. The zero-order chi connectivity index (χ0) is 14.1.